The minimum atomic E-state index is 0. The third-order valence-electron chi connectivity index (χ3n) is 3.52. The molecule has 1 aromatic carbocycles. The molecule has 1 aliphatic rings. The van der Waals surface area contributed by atoms with Crippen molar-refractivity contribution in [3.05, 3.63) is 34.9 Å². The Kier molecular flexibility index (Phi) is 8.63. The van der Waals surface area contributed by atoms with E-state index in [1.165, 1.54) is 31.3 Å². The Bertz CT molecular complexity index is 546. The summed E-state index contributed by atoms with van der Waals surface area (Å²) in [5.41, 5.74) is 8.20. The molecule has 0 amide bonds. The van der Waals surface area contributed by atoms with Gasteiger partial charge in [0.25, 0.3) is 0 Å². The van der Waals surface area contributed by atoms with E-state index in [2.05, 4.69) is 16.4 Å². The number of hydrogen-bond donors (Lipinski definition) is 2. The second kappa shape index (κ2) is 9.94. The molecule has 0 spiro atoms. The molecule has 22 heavy (non-hydrogen) atoms. The Balaban J connectivity index is 0.00000242. The molecule has 0 aromatic heterocycles. The van der Waals surface area contributed by atoms with E-state index in [1.807, 2.05) is 6.07 Å². The molecule has 4 nitrogen and oxygen atoms in total. The molecule has 0 fully saturated rings. The lowest BCUT2D eigenvalue weighted by Gasteiger charge is -2.11. The first-order chi connectivity index (χ1) is 10.2. The van der Waals surface area contributed by atoms with Crippen LogP contribution in [0.5, 0.6) is 5.75 Å². The van der Waals surface area contributed by atoms with Gasteiger partial charge >= 0.3 is 0 Å². The molecular weight excluding hydrogens is 413 g/mol. The fraction of sp³-hybridized carbons (Fsp3) is 0.438. The first-order valence-electron chi connectivity index (χ1n) is 7.27. The maximum absolute atomic E-state index is 6.07. The summed E-state index contributed by atoms with van der Waals surface area (Å²) in [7, 11) is 1.59. The summed E-state index contributed by atoms with van der Waals surface area (Å²) in [4.78, 5) is 4.35. The minimum absolute atomic E-state index is 0. The lowest BCUT2D eigenvalue weighted by Crippen LogP contribution is -2.22. The number of benzene rings is 1. The van der Waals surface area contributed by atoms with Gasteiger partial charge in [0.2, 0.25) is 0 Å². The van der Waals surface area contributed by atoms with E-state index in [9.17, 15) is 0 Å². The molecule has 0 bridgehead atoms. The zero-order valence-corrected chi connectivity index (χ0v) is 15.9. The number of allylic oxidation sites excluding steroid dienone is 1. The first-order valence-corrected chi connectivity index (χ1v) is 7.65. The SMILES string of the molecule is COc1ccc(NC(N)=NCCC2=CCCCC2)cc1Cl.I. The normalized spacial score (nSPS) is 14.8. The third kappa shape index (κ3) is 6.04. The number of anilines is 1. The monoisotopic (exact) mass is 435 g/mol. The Morgan fingerprint density at radius 1 is 1.41 bits per heavy atom. The predicted octanol–water partition coefficient (Wildman–Crippen LogP) is 4.58. The average Bonchev–Trinajstić information content (AvgIpc) is 2.48. The van der Waals surface area contributed by atoms with Crippen molar-refractivity contribution in [1.82, 2.24) is 0 Å². The minimum Gasteiger partial charge on any atom is -0.495 e. The standard InChI is InChI=1S/C16H22ClN3O.HI/c1-21-15-8-7-13(11-14(15)17)20-16(18)19-10-9-12-5-3-2-4-6-12;/h5,7-8,11H,2-4,6,9-10H2,1H3,(H3,18,19,20);1H. The number of halogens is 2. The van der Waals surface area contributed by atoms with Crippen LogP contribution in [-0.4, -0.2) is 19.6 Å². The fourth-order valence-electron chi connectivity index (χ4n) is 2.38. The van der Waals surface area contributed by atoms with Crippen LogP contribution in [0.1, 0.15) is 32.1 Å². The summed E-state index contributed by atoms with van der Waals surface area (Å²) in [6.07, 6.45) is 8.36. The number of nitrogens with zero attached hydrogens (tertiary/aromatic N) is 1. The van der Waals surface area contributed by atoms with Crippen molar-refractivity contribution < 1.29 is 4.74 Å². The van der Waals surface area contributed by atoms with E-state index >= 15 is 0 Å². The lowest BCUT2D eigenvalue weighted by molar-refractivity contribution is 0.415. The molecule has 1 aliphatic carbocycles. The number of methoxy groups -OCH3 is 1. The van der Waals surface area contributed by atoms with Crippen molar-refractivity contribution in [3.8, 4) is 5.75 Å². The van der Waals surface area contributed by atoms with Crippen LogP contribution >= 0.6 is 35.6 Å². The molecule has 0 radical (unpaired) electrons. The average molecular weight is 436 g/mol. The van der Waals surface area contributed by atoms with Crippen molar-refractivity contribution in [1.29, 1.82) is 0 Å². The molecule has 0 aliphatic heterocycles. The maximum atomic E-state index is 6.07. The van der Waals surface area contributed by atoms with Crippen LogP contribution in [0.25, 0.3) is 0 Å². The van der Waals surface area contributed by atoms with Crippen molar-refractivity contribution in [3.63, 3.8) is 0 Å². The molecule has 1 aromatic rings. The van der Waals surface area contributed by atoms with Gasteiger partial charge in [-0.25, -0.2) is 0 Å². The summed E-state index contributed by atoms with van der Waals surface area (Å²) >= 11 is 6.07. The van der Waals surface area contributed by atoms with Crippen molar-refractivity contribution >= 4 is 47.2 Å². The van der Waals surface area contributed by atoms with E-state index < -0.39 is 0 Å². The van der Waals surface area contributed by atoms with Crippen molar-refractivity contribution in [2.24, 2.45) is 10.7 Å². The molecule has 0 atom stereocenters. The number of aliphatic imine (C=N–C) groups is 1. The summed E-state index contributed by atoms with van der Waals surface area (Å²) in [5.74, 6) is 1.05. The third-order valence-corrected chi connectivity index (χ3v) is 3.82. The zero-order chi connectivity index (χ0) is 15.1. The topological polar surface area (TPSA) is 59.6 Å². The molecule has 0 saturated carbocycles. The number of ether oxygens (including phenoxy) is 1. The molecule has 122 valence electrons. The number of nitrogens with two attached hydrogens (primary N) is 1. The highest BCUT2D eigenvalue weighted by atomic mass is 127. The Morgan fingerprint density at radius 3 is 2.86 bits per heavy atom. The lowest BCUT2D eigenvalue weighted by atomic mass is 9.97. The number of hydrogen-bond acceptors (Lipinski definition) is 2. The van der Waals surface area contributed by atoms with Crippen LogP contribution < -0.4 is 15.8 Å². The summed E-state index contributed by atoms with van der Waals surface area (Å²) in [5, 5.41) is 3.58. The van der Waals surface area contributed by atoms with Gasteiger partial charge in [-0.1, -0.05) is 23.3 Å². The highest BCUT2D eigenvalue weighted by Crippen LogP contribution is 2.27. The summed E-state index contributed by atoms with van der Waals surface area (Å²) in [6.45, 7) is 0.717. The van der Waals surface area contributed by atoms with E-state index in [0.717, 1.165) is 12.1 Å². The molecule has 0 unspecified atom stereocenters. The van der Waals surface area contributed by atoms with Gasteiger partial charge < -0.3 is 15.8 Å². The van der Waals surface area contributed by atoms with E-state index in [-0.39, 0.29) is 24.0 Å². The van der Waals surface area contributed by atoms with Crippen LogP contribution in [0.4, 0.5) is 5.69 Å². The Morgan fingerprint density at radius 2 is 2.23 bits per heavy atom. The van der Waals surface area contributed by atoms with Crippen LogP contribution in [0, 0.1) is 0 Å². The first kappa shape index (κ1) is 19.1. The summed E-state index contributed by atoms with van der Waals surface area (Å²) < 4.78 is 5.11. The van der Waals surface area contributed by atoms with Gasteiger partial charge in [-0.3, -0.25) is 4.99 Å². The van der Waals surface area contributed by atoms with E-state index in [0.29, 0.717) is 23.3 Å². The van der Waals surface area contributed by atoms with Crippen LogP contribution in [0.3, 0.4) is 0 Å². The summed E-state index contributed by atoms with van der Waals surface area (Å²) in [6, 6.07) is 5.42. The maximum Gasteiger partial charge on any atom is 0.193 e. The highest BCUT2D eigenvalue weighted by Gasteiger charge is 2.04. The second-order valence-corrected chi connectivity index (χ2v) is 5.51. The van der Waals surface area contributed by atoms with Crippen LogP contribution in [-0.2, 0) is 0 Å². The van der Waals surface area contributed by atoms with E-state index in [4.69, 9.17) is 22.1 Å². The van der Waals surface area contributed by atoms with Gasteiger partial charge in [-0.15, -0.1) is 24.0 Å². The fourth-order valence-corrected chi connectivity index (χ4v) is 2.64. The van der Waals surface area contributed by atoms with E-state index in [1.54, 1.807) is 19.2 Å². The van der Waals surface area contributed by atoms with Gasteiger partial charge in [0, 0.05) is 12.2 Å². The smallest absolute Gasteiger partial charge is 0.193 e. The molecule has 0 saturated heterocycles. The molecule has 2 rings (SSSR count). The highest BCUT2D eigenvalue weighted by molar-refractivity contribution is 14.0. The van der Waals surface area contributed by atoms with Gasteiger partial charge in [-0.05, 0) is 50.3 Å². The van der Waals surface area contributed by atoms with Gasteiger partial charge in [0.15, 0.2) is 5.96 Å². The van der Waals surface area contributed by atoms with Crippen molar-refractivity contribution in [2.75, 3.05) is 19.0 Å². The largest absolute Gasteiger partial charge is 0.495 e. The van der Waals surface area contributed by atoms with Crippen molar-refractivity contribution in [2.45, 2.75) is 32.1 Å². The van der Waals surface area contributed by atoms with Crippen LogP contribution in [0.2, 0.25) is 5.02 Å². The number of nitrogens with one attached hydrogen (secondary N) is 1. The van der Waals surface area contributed by atoms with Gasteiger partial charge in [0.1, 0.15) is 5.75 Å². The Labute approximate surface area is 154 Å². The zero-order valence-electron chi connectivity index (χ0n) is 12.8. The molecule has 0 heterocycles. The van der Waals surface area contributed by atoms with Crippen LogP contribution in [0.15, 0.2) is 34.8 Å². The quantitative estimate of drug-likeness (QED) is 0.308. The number of guanidine groups is 1. The van der Waals surface area contributed by atoms with Gasteiger partial charge in [-0.2, -0.15) is 0 Å². The molecule has 6 heteroatoms. The molecular formula is C16H23ClIN3O. The predicted molar refractivity (Wildman–Crippen MR) is 105 cm³/mol. The van der Waals surface area contributed by atoms with Gasteiger partial charge in [0.05, 0.1) is 12.1 Å². The number of rotatable bonds is 5. The second-order valence-electron chi connectivity index (χ2n) is 5.10. The Hall–Kier alpha value is -0.950. The molecule has 3 N–H and O–H groups in total.